The van der Waals surface area contributed by atoms with Gasteiger partial charge in [-0.25, -0.2) is 0 Å². The molecule has 2 nitrogen and oxygen atoms in total. The summed E-state index contributed by atoms with van der Waals surface area (Å²) < 4.78 is 0. The van der Waals surface area contributed by atoms with Crippen molar-refractivity contribution in [2.75, 3.05) is 6.54 Å². The van der Waals surface area contributed by atoms with Crippen molar-refractivity contribution in [2.45, 2.75) is 24.9 Å². The summed E-state index contributed by atoms with van der Waals surface area (Å²) in [6, 6.07) is 21.6. The summed E-state index contributed by atoms with van der Waals surface area (Å²) in [5, 5.41) is 0. The zero-order valence-corrected chi connectivity index (χ0v) is 14.0. The number of amidine groups is 1. The summed E-state index contributed by atoms with van der Waals surface area (Å²) in [6.07, 6.45) is 5.79. The van der Waals surface area contributed by atoms with Crippen LogP contribution in [0.4, 0.5) is 0 Å². The van der Waals surface area contributed by atoms with Crippen LogP contribution in [0.2, 0.25) is 0 Å². The Hall–Kier alpha value is -2.61. The van der Waals surface area contributed by atoms with E-state index >= 15 is 0 Å². The number of allylic oxidation sites excluding steroid dienone is 1. The molecule has 122 valence electrons. The Labute approximate surface area is 144 Å². The molecule has 2 aromatic rings. The monoisotopic (exact) mass is 316 g/mol. The van der Waals surface area contributed by atoms with Crippen molar-refractivity contribution >= 4 is 5.84 Å². The van der Waals surface area contributed by atoms with Crippen molar-refractivity contribution in [1.29, 1.82) is 0 Å². The third-order valence-corrected chi connectivity index (χ3v) is 4.43. The average molecular weight is 316 g/mol. The van der Waals surface area contributed by atoms with Crippen LogP contribution in [0.3, 0.4) is 0 Å². The summed E-state index contributed by atoms with van der Waals surface area (Å²) in [5.41, 5.74) is 2.56. The molecule has 2 heteroatoms. The molecule has 2 aromatic carbocycles. The van der Waals surface area contributed by atoms with E-state index in [-0.39, 0.29) is 12.1 Å². The fraction of sp³-hybridized carbons (Fsp3) is 0.227. The van der Waals surface area contributed by atoms with Gasteiger partial charge in [-0.1, -0.05) is 72.8 Å². The van der Waals surface area contributed by atoms with Crippen molar-refractivity contribution in [3.63, 3.8) is 0 Å². The minimum atomic E-state index is 0.119. The van der Waals surface area contributed by atoms with Crippen LogP contribution in [-0.2, 0) is 0 Å². The van der Waals surface area contributed by atoms with Gasteiger partial charge in [0.2, 0.25) is 0 Å². The van der Waals surface area contributed by atoms with Crippen LogP contribution < -0.4 is 0 Å². The molecule has 1 aliphatic heterocycles. The molecule has 3 rings (SSSR count). The molecule has 0 saturated heterocycles. The Bertz CT molecular complexity index is 703. The van der Waals surface area contributed by atoms with Crippen LogP contribution >= 0.6 is 0 Å². The Balaban J connectivity index is 2.03. The number of nitrogens with zero attached hydrogens (tertiary/aromatic N) is 2. The maximum atomic E-state index is 5.10. The van der Waals surface area contributed by atoms with Crippen LogP contribution in [0, 0.1) is 0 Å². The SMILES string of the molecule is C=CCCC1=N[C@@H](c2ccccc2)[C@@H](c2ccccc2)N1CC=C. The second kappa shape index (κ2) is 7.78. The second-order valence-corrected chi connectivity index (χ2v) is 6.02. The highest BCUT2D eigenvalue weighted by Gasteiger charge is 2.36. The first-order chi connectivity index (χ1) is 11.8. The Morgan fingerprint density at radius 3 is 2.08 bits per heavy atom. The molecule has 0 fully saturated rings. The molecule has 0 bridgehead atoms. The summed E-state index contributed by atoms with van der Waals surface area (Å²) in [5.74, 6) is 1.15. The van der Waals surface area contributed by atoms with Crippen molar-refractivity contribution in [2.24, 2.45) is 4.99 Å². The van der Waals surface area contributed by atoms with E-state index in [0.717, 1.165) is 25.2 Å². The van der Waals surface area contributed by atoms with Gasteiger partial charge in [-0.3, -0.25) is 4.99 Å². The molecule has 0 N–H and O–H groups in total. The molecular formula is C22H24N2. The van der Waals surface area contributed by atoms with E-state index in [4.69, 9.17) is 4.99 Å². The maximum Gasteiger partial charge on any atom is 0.101 e. The number of benzene rings is 2. The third-order valence-electron chi connectivity index (χ3n) is 4.43. The number of aliphatic imine (C=N–C) groups is 1. The summed E-state index contributed by atoms with van der Waals surface area (Å²) in [7, 11) is 0. The van der Waals surface area contributed by atoms with Gasteiger partial charge in [0, 0.05) is 13.0 Å². The summed E-state index contributed by atoms with van der Waals surface area (Å²) >= 11 is 0. The lowest BCUT2D eigenvalue weighted by Gasteiger charge is -2.30. The number of hydrogen-bond acceptors (Lipinski definition) is 2. The molecular weight excluding hydrogens is 292 g/mol. The molecule has 0 radical (unpaired) electrons. The average Bonchev–Trinajstić information content (AvgIpc) is 3.00. The van der Waals surface area contributed by atoms with Gasteiger partial charge in [0.05, 0.1) is 6.04 Å². The zero-order valence-electron chi connectivity index (χ0n) is 14.0. The molecule has 0 unspecified atom stereocenters. The highest BCUT2D eigenvalue weighted by molar-refractivity contribution is 5.85. The lowest BCUT2D eigenvalue weighted by atomic mass is 9.94. The van der Waals surface area contributed by atoms with E-state index in [9.17, 15) is 0 Å². The van der Waals surface area contributed by atoms with E-state index in [1.165, 1.54) is 11.1 Å². The molecule has 0 aliphatic carbocycles. The normalized spacial score (nSPS) is 19.8. The largest absolute Gasteiger partial charge is 0.347 e. The van der Waals surface area contributed by atoms with E-state index in [1.54, 1.807) is 0 Å². The molecule has 1 heterocycles. The van der Waals surface area contributed by atoms with Gasteiger partial charge in [-0.15, -0.1) is 13.2 Å². The lowest BCUT2D eigenvalue weighted by Crippen LogP contribution is -2.31. The standard InChI is InChI=1S/C22H24N2/c1-3-5-16-20-23-21(18-12-8-6-9-13-18)22(24(20)17-4-2)19-14-10-7-11-15-19/h3-4,6-15,21-22H,1-2,5,16-17H2/t21-,22+/m0/s1. The first kappa shape index (κ1) is 16.3. The predicted octanol–water partition coefficient (Wildman–Crippen LogP) is 5.34. The second-order valence-electron chi connectivity index (χ2n) is 6.02. The molecule has 0 spiro atoms. The van der Waals surface area contributed by atoms with E-state index in [2.05, 4.69) is 78.7 Å². The van der Waals surface area contributed by atoms with Crippen molar-refractivity contribution in [3.8, 4) is 0 Å². The Morgan fingerprint density at radius 1 is 0.875 bits per heavy atom. The molecule has 1 aliphatic rings. The molecule has 0 aromatic heterocycles. The summed E-state index contributed by atoms with van der Waals surface area (Å²) in [6.45, 7) is 8.61. The maximum absolute atomic E-state index is 5.10. The molecule has 2 atom stereocenters. The fourth-order valence-electron chi connectivity index (χ4n) is 3.35. The zero-order chi connectivity index (χ0) is 16.8. The number of hydrogen-bond donors (Lipinski definition) is 0. The van der Waals surface area contributed by atoms with E-state index in [0.29, 0.717) is 0 Å². The van der Waals surface area contributed by atoms with Crippen molar-refractivity contribution < 1.29 is 0 Å². The molecule has 0 saturated carbocycles. The van der Waals surface area contributed by atoms with Gasteiger partial charge in [0.1, 0.15) is 11.9 Å². The first-order valence-corrected chi connectivity index (χ1v) is 8.50. The fourth-order valence-corrected chi connectivity index (χ4v) is 3.35. The van der Waals surface area contributed by atoms with Crippen LogP contribution in [0.1, 0.15) is 36.1 Å². The Kier molecular flexibility index (Phi) is 5.27. The lowest BCUT2D eigenvalue weighted by molar-refractivity contribution is 0.333. The van der Waals surface area contributed by atoms with Gasteiger partial charge in [-0.05, 0) is 17.5 Å². The number of rotatable bonds is 7. The quantitative estimate of drug-likeness (QED) is 0.630. The van der Waals surface area contributed by atoms with Gasteiger partial charge in [0.25, 0.3) is 0 Å². The Morgan fingerprint density at radius 2 is 1.50 bits per heavy atom. The predicted molar refractivity (Wildman–Crippen MR) is 102 cm³/mol. The van der Waals surface area contributed by atoms with Crippen LogP contribution in [-0.4, -0.2) is 17.3 Å². The van der Waals surface area contributed by atoms with Crippen molar-refractivity contribution in [3.05, 3.63) is 97.1 Å². The highest BCUT2D eigenvalue weighted by atomic mass is 15.3. The van der Waals surface area contributed by atoms with Gasteiger partial charge in [-0.2, -0.15) is 0 Å². The smallest absolute Gasteiger partial charge is 0.101 e. The molecule has 0 amide bonds. The van der Waals surface area contributed by atoms with E-state index < -0.39 is 0 Å². The van der Waals surface area contributed by atoms with Crippen LogP contribution in [0.5, 0.6) is 0 Å². The van der Waals surface area contributed by atoms with Crippen LogP contribution in [0.25, 0.3) is 0 Å². The van der Waals surface area contributed by atoms with Gasteiger partial charge < -0.3 is 4.90 Å². The third kappa shape index (κ3) is 3.33. The topological polar surface area (TPSA) is 15.6 Å². The van der Waals surface area contributed by atoms with Crippen LogP contribution in [0.15, 0.2) is 91.0 Å². The first-order valence-electron chi connectivity index (χ1n) is 8.50. The minimum absolute atomic E-state index is 0.119. The summed E-state index contributed by atoms with van der Waals surface area (Å²) in [4.78, 5) is 7.49. The molecule has 24 heavy (non-hydrogen) atoms. The minimum Gasteiger partial charge on any atom is -0.347 e. The van der Waals surface area contributed by atoms with Gasteiger partial charge in [0.15, 0.2) is 0 Å². The van der Waals surface area contributed by atoms with Gasteiger partial charge >= 0.3 is 0 Å². The van der Waals surface area contributed by atoms with Crippen molar-refractivity contribution in [1.82, 2.24) is 4.90 Å². The van der Waals surface area contributed by atoms with E-state index in [1.807, 2.05) is 12.2 Å². The highest BCUT2D eigenvalue weighted by Crippen LogP contribution is 2.42.